The van der Waals surface area contributed by atoms with Gasteiger partial charge in [-0.3, -0.25) is 19.7 Å². The summed E-state index contributed by atoms with van der Waals surface area (Å²) < 4.78 is 10.1. The van der Waals surface area contributed by atoms with Crippen LogP contribution in [0.25, 0.3) is 0 Å². The predicted octanol–water partition coefficient (Wildman–Crippen LogP) is 1.66. The predicted molar refractivity (Wildman–Crippen MR) is 86.5 cm³/mol. The number of benzene rings is 1. The average Bonchev–Trinajstić information content (AvgIpc) is 2.57. The van der Waals surface area contributed by atoms with Crippen LogP contribution >= 0.6 is 0 Å². The number of esters is 2. The van der Waals surface area contributed by atoms with E-state index in [9.17, 15) is 24.5 Å². The number of non-ortho nitro benzene ring substituents is 1. The molecule has 0 bridgehead atoms. The SMILES string of the molecule is CCOC(=O)C(NC(=O)CC)C(OC(C)=O)c1cccc([N+](=O)[O-])c1. The third-order valence-corrected chi connectivity index (χ3v) is 3.18. The van der Waals surface area contributed by atoms with E-state index in [4.69, 9.17) is 9.47 Å². The fourth-order valence-electron chi connectivity index (χ4n) is 2.09. The van der Waals surface area contributed by atoms with Crippen molar-refractivity contribution < 1.29 is 28.8 Å². The second kappa shape index (κ2) is 9.36. The zero-order chi connectivity index (χ0) is 19.0. The first-order valence-electron chi connectivity index (χ1n) is 7.67. The van der Waals surface area contributed by atoms with Gasteiger partial charge in [0, 0.05) is 31.0 Å². The number of nitro benzene ring substituents is 1. The van der Waals surface area contributed by atoms with Crippen molar-refractivity contribution in [3.63, 3.8) is 0 Å². The molecule has 1 N–H and O–H groups in total. The van der Waals surface area contributed by atoms with Gasteiger partial charge < -0.3 is 14.8 Å². The third-order valence-electron chi connectivity index (χ3n) is 3.18. The quantitative estimate of drug-likeness (QED) is 0.428. The highest BCUT2D eigenvalue weighted by Crippen LogP contribution is 2.26. The molecule has 1 aromatic carbocycles. The van der Waals surface area contributed by atoms with Gasteiger partial charge in [0.25, 0.3) is 5.69 Å². The second-order valence-corrected chi connectivity index (χ2v) is 5.03. The minimum absolute atomic E-state index is 0.0546. The van der Waals surface area contributed by atoms with E-state index in [2.05, 4.69) is 5.32 Å². The number of nitro groups is 1. The van der Waals surface area contributed by atoms with E-state index in [0.29, 0.717) is 0 Å². The van der Waals surface area contributed by atoms with E-state index >= 15 is 0 Å². The maximum atomic E-state index is 12.2. The number of nitrogens with zero attached hydrogens (tertiary/aromatic N) is 1. The van der Waals surface area contributed by atoms with E-state index < -0.39 is 34.9 Å². The highest BCUT2D eigenvalue weighted by Gasteiger charge is 2.35. The minimum Gasteiger partial charge on any atom is -0.464 e. The molecule has 0 fully saturated rings. The highest BCUT2D eigenvalue weighted by molar-refractivity contribution is 5.85. The van der Waals surface area contributed by atoms with E-state index in [1.807, 2.05) is 0 Å². The Balaban J connectivity index is 3.32. The fraction of sp³-hybridized carbons (Fsp3) is 0.438. The van der Waals surface area contributed by atoms with E-state index in [1.54, 1.807) is 13.8 Å². The molecule has 9 nitrogen and oxygen atoms in total. The molecule has 0 radical (unpaired) electrons. The van der Waals surface area contributed by atoms with Crippen LogP contribution in [-0.2, 0) is 23.9 Å². The second-order valence-electron chi connectivity index (χ2n) is 5.03. The number of hydrogen-bond donors (Lipinski definition) is 1. The first kappa shape index (κ1) is 20.1. The Kier molecular flexibility index (Phi) is 7.51. The zero-order valence-corrected chi connectivity index (χ0v) is 14.2. The minimum atomic E-state index is -1.32. The van der Waals surface area contributed by atoms with E-state index in [0.717, 1.165) is 6.92 Å². The van der Waals surface area contributed by atoms with Gasteiger partial charge in [-0.15, -0.1) is 0 Å². The summed E-state index contributed by atoms with van der Waals surface area (Å²) in [5.74, 6) is -1.97. The van der Waals surface area contributed by atoms with Crippen LogP contribution in [0, 0.1) is 10.1 Å². The average molecular weight is 352 g/mol. The molecule has 2 unspecified atom stereocenters. The number of amides is 1. The Labute approximate surface area is 144 Å². The fourth-order valence-corrected chi connectivity index (χ4v) is 2.09. The molecule has 0 saturated carbocycles. The van der Waals surface area contributed by atoms with Crippen molar-refractivity contribution in [2.45, 2.75) is 39.3 Å². The summed E-state index contributed by atoms with van der Waals surface area (Å²) >= 11 is 0. The molecule has 0 spiro atoms. The lowest BCUT2D eigenvalue weighted by Crippen LogP contribution is -2.47. The molecule has 9 heteroatoms. The maximum absolute atomic E-state index is 12.2. The Bertz CT molecular complexity index is 660. The Morgan fingerprint density at radius 3 is 2.48 bits per heavy atom. The van der Waals surface area contributed by atoms with Gasteiger partial charge in [0.15, 0.2) is 12.1 Å². The van der Waals surface area contributed by atoms with Crippen LogP contribution in [0.2, 0.25) is 0 Å². The third kappa shape index (κ3) is 5.87. The van der Waals surface area contributed by atoms with Crippen LogP contribution in [0.15, 0.2) is 24.3 Å². The summed E-state index contributed by atoms with van der Waals surface area (Å²) in [6.45, 7) is 4.36. The van der Waals surface area contributed by atoms with E-state index in [1.165, 1.54) is 24.3 Å². The van der Waals surface area contributed by atoms with E-state index in [-0.39, 0.29) is 24.3 Å². The van der Waals surface area contributed by atoms with Gasteiger partial charge in [0.2, 0.25) is 5.91 Å². The molecule has 0 aliphatic carbocycles. The van der Waals surface area contributed by atoms with Crippen molar-refractivity contribution in [2.24, 2.45) is 0 Å². The summed E-state index contributed by atoms with van der Waals surface area (Å²) in [7, 11) is 0. The molecule has 0 saturated heterocycles. The molecule has 0 aliphatic rings. The smallest absolute Gasteiger partial charge is 0.332 e. The number of carbonyl (C=O) groups is 3. The molecule has 0 aromatic heterocycles. The van der Waals surface area contributed by atoms with Gasteiger partial charge >= 0.3 is 11.9 Å². The van der Waals surface area contributed by atoms with Crippen LogP contribution in [0.5, 0.6) is 0 Å². The number of ether oxygens (including phenoxy) is 2. The number of carbonyl (C=O) groups excluding carboxylic acids is 3. The number of nitrogens with one attached hydrogen (secondary N) is 1. The number of hydrogen-bond acceptors (Lipinski definition) is 7. The maximum Gasteiger partial charge on any atom is 0.332 e. The summed E-state index contributed by atoms with van der Waals surface area (Å²) in [5.41, 5.74) is -0.0436. The van der Waals surface area contributed by atoms with Crippen LogP contribution in [0.3, 0.4) is 0 Å². The highest BCUT2D eigenvalue weighted by atomic mass is 16.6. The first-order chi connectivity index (χ1) is 11.8. The van der Waals surface area contributed by atoms with Gasteiger partial charge in [-0.25, -0.2) is 4.79 Å². The largest absolute Gasteiger partial charge is 0.464 e. The summed E-state index contributed by atoms with van der Waals surface area (Å²) in [4.78, 5) is 45.8. The Morgan fingerprint density at radius 2 is 1.96 bits per heavy atom. The topological polar surface area (TPSA) is 125 Å². The molecule has 136 valence electrons. The normalized spacial score (nSPS) is 12.6. The van der Waals surface area contributed by atoms with Crippen molar-refractivity contribution >= 4 is 23.5 Å². The monoisotopic (exact) mass is 352 g/mol. The Morgan fingerprint density at radius 1 is 1.28 bits per heavy atom. The summed E-state index contributed by atoms with van der Waals surface area (Å²) in [5, 5.41) is 13.4. The summed E-state index contributed by atoms with van der Waals surface area (Å²) in [6, 6.07) is 3.98. The lowest BCUT2D eigenvalue weighted by molar-refractivity contribution is -0.385. The molecule has 0 heterocycles. The molecule has 0 aliphatic heterocycles. The van der Waals surface area contributed by atoms with Gasteiger partial charge in [0.05, 0.1) is 11.5 Å². The van der Waals surface area contributed by atoms with Gasteiger partial charge in [-0.1, -0.05) is 19.1 Å². The first-order valence-corrected chi connectivity index (χ1v) is 7.67. The summed E-state index contributed by atoms with van der Waals surface area (Å²) in [6.07, 6.45) is -1.16. The molecule has 2 atom stereocenters. The van der Waals surface area contributed by atoms with Gasteiger partial charge in [0.1, 0.15) is 0 Å². The van der Waals surface area contributed by atoms with Gasteiger partial charge in [-0.05, 0) is 6.92 Å². The molecule has 1 amide bonds. The molecule has 1 rings (SSSR count). The van der Waals surface area contributed by atoms with Crippen molar-refractivity contribution in [3.8, 4) is 0 Å². The van der Waals surface area contributed by atoms with Crippen molar-refractivity contribution in [1.82, 2.24) is 5.32 Å². The van der Waals surface area contributed by atoms with Crippen molar-refractivity contribution in [1.29, 1.82) is 0 Å². The molecule has 25 heavy (non-hydrogen) atoms. The molecular formula is C16H20N2O7. The van der Waals surface area contributed by atoms with Gasteiger partial charge in [-0.2, -0.15) is 0 Å². The van der Waals surface area contributed by atoms with Crippen LogP contribution < -0.4 is 5.32 Å². The molecule has 1 aromatic rings. The lowest BCUT2D eigenvalue weighted by atomic mass is 10.0. The zero-order valence-electron chi connectivity index (χ0n) is 14.2. The van der Waals surface area contributed by atoms with Crippen molar-refractivity contribution in [2.75, 3.05) is 6.61 Å². The van der Waals surface area contributed by atoms with Crippen LogP contribution in [0.4, 0.5) is 5.69 Å². The lowest BCUT2D eigenvalue weighted by Gasteiger charge is -2.26. The van der Waals surface area contributed by atoms with Crippen LogP contribution in [-0.4, -0.2) is 35.4 Å². The molecular weight excluding hydrogens is 332 g/mol. The Hall–Kier alpha value is -2.97. The number of rotatable bonds is 8. The van der Waals surface area contributed by atoms with Crippen molar-refractivity contribution in [3.05, 3.63) is 39.9 Å². The standard InChI is InChI=1S/C16H20N2O7/c1-4-13(20)17-14(16(21)24-5-2)15(25-10(3)19)11-7-6-8-12(9-11)18(22)23/h6-9,14-15H,4-5H2,1-3H3,(H,17,20). The van der Waals surface area contributed by atoms with Crippen LogP contribution in [0.1, 0.15) is 38.9 Å².